The van der Waals surface area contributed by atoms with Crippen LogP contribution in [0.3, 0.4) is 0 Å². The number of imidazole rings is 1. The molecule has 0 radical (unpaired) electrons. The number of rotatable bonds is 7. The Hall–Kier alpha value is -3.07. The number of aromatic nitrogens is 4. The van der Waals surface area contributed by atoms with Crippen LogP contribution in [0, 0.1) is 0 Å². The van der Waals surface area contributed by atoms with Gasteiger partial charge >= 0.3 is 17.6 Å². The number of carbonyl (C=O) groups is 2. The Morgan fingerprint density at radius 3 is 2.80 bits per heavy atom. The number of aliphatic hydroxyl groups is 1. The lowest BCUT2D eigenvalue weighted by molar-refractivity contribution is -0.153. The predicted molar refractivity (Wildman–Crippen MR) is 97.8 cm³/mol. The zero-order valence-electron chi connectivity index (χ0n) is 16.2. The van der Waals surface area contributed by atoms with Gasteiger partial charge in [0.2, 0.25) is 5.95 Å². The van der Waals surface area contributed by atoms with Crippen molar-refractivity contribution in [3.8, 4) is 0 Å². The first kappa shape index (κ1) is 21.6. The molecule has 4 atom stereocenters. The summed E-state index contributed by atoms with van der Waals surface area (Å²) in [6.07, 6.45) is -2.62. The second kappa shape index (κ2) is 8.74. The van der Waals surface area contributed by atoms with E-state index >= 15 is 0 Å². The number of nitrogens with zero attached hydrogens (tertiary/aromatic N) is 4. The van der Waals surface area contributed by atoms with Gasteiger partial charge in [0, 0.05) is 20.3 Å². The van der Waals surface area contributed by atoms with Gasteiger partial charge in [0.05, 0.1) is 18.8 Å². The van der Waals surface area contributed by atoms with Crippen molar-refractivity contribution in [1.29, 1.82) is 0 Å². The van der Waals surface area contributed by atoms with E-state index in [-0.39, 0.29) is 36.7 Å². The van der Waals surface area contributed by atoms with Crippen LogP contribution in [0.5, 0.6) is 0 Å². The number of carbonyl (C=O) groups excluding carboxylic acids is 2. The molecule has 30 heavy (non-hydrogen) atoms. The fourth-order valence-corrected chi connectivity index (χ4v) is 3.27. The second-order valence-electron chi connectivity index (χ2n) is 6.68. The van der Waals surface area contributed by atoms with E-state index in [1.807, 2.05) is 0 Å². The lowest BCUT2D eigenvalue weighted by Crippen LogP contribution is -2.37. The molecule has 2 aromatic heterocycles. The molecule has 3 rings (SSSR count). The third kappa shape index (κ3) is 4.40. The molecule has 0 amide bonds. The number of aliphatic hydroxyl groups excluding tert-OH is 1. The maximum absolute atomic E-state index is 13.1. The van der Waals surface area contributed by atoms with Crippen LogP contribution in [-0.2, 0) is 30.3 Å². The van der Waals surface area contributed by atoms with Gasteiger partial charge in [-0.25, -0.2) is 14.3 Å². The topological polar surface area (TPSA) is 193 Å². The monoisotopic (exact) mass is 426 g/mol. The average Bonchev–Trinajstić information content (AvgIpc) is 3.17. The number of anilines is 1. The molecule has 0 bridgehead atoms. The highest BCUT2D eigenvalue weighted by molar-refractivity contribution is 5.72. The van der Waals surface area contributed by atoms with E-state index in [9.17, 15) is 19.5 Å². The summed E-state index contributed by atoms with van der Waals surface area (Å²) in [7, 11) is 0. The Balaban J connectivity index is 2.06. The lowest BCUT2D eigenvalue weighted by atomic mass is 10.2. The lowest BCUT2D eigenvalue weighted by Gasteiger charge is -2.19. The minimum atomic E-state index is -1.45. The number of nitrogens with two attached hydrogens (primary N) is 1. The molecule has 0 aliphatic carbocycles. The maximum atomic E-state index is 13.1. The molecule has 1 unspecified atom stereocenters. The Labute approximate surface area is 169 Å². The van der Waals surface area contributed by atoms with Crippen molar-refractivity contribution in [3.05, 3.63) is 16.7 Å². The highest BCUT2D eigenvalue weighted by atomic mass is 16.6. The molecule has 14 heteroatoms. The van der Waals surface area contributed by atoms with Crippen LogP contribution >= 0.6 is 0 Å². The zero-order chi connectivity index (χ0) is 22.0. The summed E-state index contributed by atoms with van der Waals surface area (Å²) in [5, 5.41) is 18.6. The van der Waals surface area contributed by atoms with Crippen molar-refractivity contribution in [2.75, 3.05) is 12.3 Å². The van der Waals surface area contributed by atoms with Crippen molar-refractivity contribution in [3.63, 3.8) is 0 Å². The summed E-state index contributed by atoms with van der Waals surface area (Å²) >= 11 is 0. The van der Waals surface area contributed by atoms with E-state index in [4.69, 9.17) is 25.2 Å². The number of hydrogen-bond donors (Lipinski definition) is 4. The van der Waals surface area contributed by atoms with Crippen LogP contribution in [0.15, 0.2) is 11.0 Å². The van der Waals surface area contributed by atoms with Crippen molar-refractivity contribution >= 4 is 29.1 Å². The van der Waals surface area contributed by atoms with E-state index in [1.54, 1.807) is 5.48 Å². The van der Waals surface area contributed by atoms with E-state index < -0.39 is 42.3 Å². The maximum Gasteiger partial charge on any atom is 0.332 e. The van der Waals surface area contributed by atoms with Crippen molar-refractivity contribution in [1.82, 2.24) is 24.6 Å². The quantitative estimate of drug-likeness (QED) is 0.222. The van der Waals surface area contributed by atoms with Crippen LogP contribution in [0.25, 0.3) is 11.2 Å². The summed E-state index contributed by atoms with van der Waals surface area (Å²) in [6.45, 7) is 2.02. The van der Waals surface area contributed by atoms with Gasteiger partial charge in [0.25, 0.3) is 0 Å². The fourth-order valence-electron chi connectivity index (χ4n) is 3.27. The third-order valence-electron chi connectivity index (χ3n) is 4.42. The summed E-state index contributed by atoms with van der Waals surface area (Å²) in [6, 6.07) is 0. The minimum Gasteiger partial charge on any atom is -0.463 e. The molecular weight excluding hydrogens is 404 g/mol. The number of hydrogen-bond acceptors (Lipinski definition) is 12. The number of hydroxylamine groups is 1. The molecule has 1 fully saturated rings. The van der Waals surface area contributed by atoms with Crippen molar-refractivity contribution in [2.45, 2.75) is 51.5 Å². The summed E-state index contributed by atoms with van der Waals surface area (Å²) in [5.74, 6) is -1.22. The predicted octanol–water partition coefficient (Wildman–Crippen LogP) is -1.75. The molecule has 0 spiro atoms. The number of ether oxygens (including phenoxy) is 3. The van der Waals surface area contributed by atoms with Gasteiger partial charge in [-0.2, -0.15) is 10.5 Å². The van der Waals surface area contributed by atoms with E-state index in [0.717, 1.165) is 9.13 Å². The Morgan fingerprint density at radius 1 is 1.43 bits per heavy atom. The van der Waals surface area contributed by atoms with Gasteiger partial charge in [-0.3, -0.25) is 14.2 Å². The normalized spacial score (nSPS) is 22.2. The summed E-state index contributed by atoms with van der Waals surface area (Å²) in [5.41, 5.74) is 6.92. The average molecular weight is 426 g/mol. The molecule has 1 saturated heterocycles. The van der Waals surface area contributed by atoms with Crippen LogP contribution in [-0.4, -0.2) is 66.4 Å². The van der Waals surface area contributed by atoms with Crippen molar-refractivity contribution in [2.24, 2.45) is 0 Å². The summed E-state index contributed by atoms with van der Waals surface area (Å²) in [4.78, 5) is 43.8. The molecule has 164 valence electrons. The van der Waals surface area contributed by atoms with E-state index in [2.05, 4.69) is 9.97 Å². The van der Waals surface area contributed by atoms with Crippen LogP contribution < -0.4 is 16.9 Å². The molecular formula is C16H22N6O8. The molecule has 3 heterocycles. The number of nitrogen functional groups attached to an aromatic ring is 1. The van der Waals surface area contributed by atoms with Crippen molar-refractivity contribution < 1.29 is 34.1 Å². The van der Waals surface area contributed by atoms with Gasteiger partial charge in [-0.05, 0) is 0 Å². The van der Waals surface area contributed by atoms with Gasteiger partial charge in [0.1, 0.15) is 24.5 Å². The third-order valence-corrected chi connectivity index (χ3v) is 4.42. The zero-order valence-corrected chi connectivity index (χ0v) is 16.2. The molecule has 1 aliphatic heterocycles. The number of esters is 2. The molecule has 1 aliphatic rings. The number of fused-ring (bicyclic) bond motifs is 1. The highest BCUT2D eigenvalue weighted by Gasteiger charge is 2.41. The van der Waals surface area contributed by atoms with E-state index in [1.165, 1.54) is 20.0 Å². The van der Waals surface area contributed by atoms with Gasteiger partial charge in [0.15, 0.2) is 11.9 Å². The minimum absolute atomic E-state index is 0.0768. The molecule has 0 saturated carbocycles. The SMILES string of the molecule is CC(=O)OC[C@@H]1C[C@@H](OC(C)=O)[C@H](n2c(=O)n(CC(O)NO)c3cnc(N)nc32)O1. The van der Waals surface area contributed by atoms with Crippen LogP contribution in [0.2, 0.25) is 0 Å². The smallest absolute Gasteiger partial charge is 0.332 e. The highest BCUT2D eigenvalue weighted by Crippen LogP contribution is 2.33. The number of nitrogens with one attached hydrogen (secondary N) is 1. The van der Waals surface area contributed by atoms with Crippen LogP contribution in [0.4, 0.5) is 5.95 Å². The summed E-state index contributed by atoms with van der Waals surface area (Å²) < 4.78 is 18.4. The fraction of sp³-hybridized carbons (Fsp3) is 0.562. The van der Waals surface area contributed by atoms with Gasteiger partial charge < -0.3 is 30.3 Å². The Bertz CT molecular complexity index is 1000. The molecule has 0 aromatic carbocycles. The molecule has 5 N–H and O–H groups in total. The first-order chi connectivity index (χ1) is 14.2. The second-order valence-corrected chi connectivity index (χ2v) is 6.68. The standard InChI is InChI=1S/C16H22N6O8/c1-7(23)28-6-9-3-11(29-8(2)24)14(30-9)22-13-10(4-18-15(17)19-13)21(16(22)26)5-12(25)20-27/h4,9,11-12,14,20,25,27H,3,5-6H2,1-2H3,(H2,17,18,19)/t9-,11+,12?,14+/m0/s1. The van der Waals surface area contributed by atoms with E-state index in [0.29, 0.717) is 0 Å². The molecule has 2 aromatic rings. The van der Waals surface area contributed by atoms with Gasteiger partial charge in [-0.15, -0.1) is 0 Å². The Morgan fingerprint density at radius 2 is 2.17 bits per heavy atom. The van der Waals surface area contributed by atoms with Crippen LogP contribution in [0.1, 0.15) is 26.5 Å². The first-order valence-corrected chi connectivity index (χ1v) is 8.98. The first-order valence-electron chi connectivity index (χ1n) is 8.98. The Kier molecular flexibility index (Phi) is 6.31. The largest absolute Gasteiger partial charge is 0.463 e. The van der Waals surface area contributed by atoms with Gasteiger partial charge in [-0.1, -0.05) is 0 Å². The molecule has 14 nitrogen and oxygen atoms in total.